The van der Waals surface area contributed by atoms with Crippen LogP contribution in [0, 0.1) is 0 Å². The Balaban J connectivity index is 2.54. The van der Waals surface area contributed by atoms with Gasteiger partial charge in [-0.25, -0.2) is 0 Å². The second kappa shape index (κ2) is 2.30. The van der Waals surface area contributed by atoms with Crippen molar-refractivity contribution in [3.63, 3.8) is 0 Å². The van der Waals surface area contributed by atoms with Crippen LogP contribution in [0.2, 0.25) is 0 Å². The SMILES string of the molecule is [2H]C1CN(C(C)(C)C)CC1[2H]. The van der Waals surface area contributed by atoms with E-state index in [1.165, 1.54) is 0 Å². The first-order valence-electron chi connectivity index (χ1n) is 4.66. The zero-order valence-electron chi connectivity index (χ0n) is 8.52. The molecule has 0 aromatic carbocycles. The average molecular weight is 129 g/mol. The summed E-state index contributed by atoms with van der Waals surface area (Å²) in [4.78, 5) is 2.21. The monoisotopic (exact) mass is 129 g/mol. The third kappa shape index (κ3) is 1.68. The van der Waals surface area contributed by atoms with Gasteiger partial charge in [0.25, 0.3) is 0 Å². The lowest BCUT2D eigenvalue weighted by atomic mass is 10.1. The molecule has 2 unspecified atom stereocenters. The lowest BCUT2D eigenvalue weighted by Crippen LogP contribution is -2.38. The number of likely N-dealkylation sites (tertiary alicyclic amines) is 1. The molecule has 1 fully saturated rings. The minimum Gasteiger partial charge on any atom is -0.298 e. The van der Waals surface area contributed by atoms with Crippen molar-refractivity contribution < 1.29 is 2.74 Å². The van der Waals surface area contributed by atoms with E-state index < -0.39 is 0 Å². The van der Waals surface area contributed by atoms with E-state index in [1.54, 1.807) is 0 Å². The van der Waals surface area contributed by atoms with Crippen molar-refractivity contribution in [1.82, 2.24) is 4.90 Å². The fourth-order valence-electron chi connectivity index (χ4n) is 1.03. The second-order valence-electron chi connectivity index (χ2n) is 3.55. The molecule has 1 rings (SSSR count). The molecule has 0 radical (unpaired) electrons. The van der Waals surface area contributed by atoms with Gasteiger partial charge in [0.2, 0.25) is 0 Å². The molecule has 54 valence electrons. The highest BCUT2D eigenvalue weighted by molar-refractivity contribution is 4.79. The molecule has 1 aliphatic heterocycles. The van der Waals surface area contributed by atoms with E-state index in [-0.39, 0.29) is 18.3 Å². The quantitative estimate of drug-likeness (QED) is 0.482. The first kappa shape index (κ1) is 4.73. The van der Waals surface area contributed by atoms with E-state index in [2.05, 4.69) is 25.7 Å². The molecule has 9 heavy (non-hydrogen) atoms. The molecule has 2 atom stereocenters. The Kier molecular flexibility index (Phi) is 1.21. The molecule has 0 aliphatic carbocycles. The lowest BCUT2D eigenvalue weighted by Gasteiger charge is -2.31. The highest BCUT2D eigenvalue weighted by Gasteiger charge is 2.23. The molecular weight excluding hydrogens is 110 g/mol. The predicted octanol–water partition coefficient (Wildman–Crippen LogP) is 1.88. The Morgan fingerprint density at radius 3 is 1.89 bits per heavy atom. The summed E-state index contributed by atoms with van der Waals surface area (Å²) in [5.41, 5.74) is 0.134. The third-order valence-electron chi connectivity index (χ3n) is 1.77. The average Bonchev–Trinajstić information content (AvgIpc) is 2.11. The standard InChI is InChI=1S/C8H17N/c1-8(2,3)9-6-4-5-7-9/h4-7H2,1-3H3/i4D,5D. The number of hydrogen-bond donors (Lipinski definition) is 0. The summed E-state index contributed by atoms with van der Waals surface area (Å²) in [6, 6.07) is 0. The molecule has 0 amide bonds. The lowest BCUT2D eigenvalue weighted by molar-refractivity contribution is 0.175. The van der Waals surface area contributed by atoms with Gasteiger partial charge in [-0.05, 0) is 46.7 Å². The molecule has 1 heteroatoms. The highest BCUT2D eigenvalue weighted by atomic mass is 15.2. The van der Waals surface area contributed by atoms with Crippen LogP contribution in [0.25, 0.3) is 0 Å². The van der Waals surface area contributed by atoms with Gasteiger partial charge in [-0.15, -0.1) is 0 Å². The van der Waals surface area contributed by atoms with Gasteiger partial charge in [-0.2, -0.15) is 0 Å². The van der Waals surface area contributed by atoms with Gasteiger partial charge >= 0.3 is 0 Å². The molecule has 0 aromatic heterocycles. The van der Waals surface area contributed by atoms with Gasteiger partial charge in [0, 0.05) is 8.28 Å². The van der Waals surface area contributed by atoms with Crippen molar-refractivity contribution in [3.05, 3.63) is 0 Å². The van der Waals surface area contributed by atoms with Crippen LogP contribution in [0.4, 0.5) is 0 Å². The van der Waals surface area contributed by atoms with Crippen molar-refractivity contribution in [2.75, 3.05) is 13.1 Å². The van der Waals surface area contributed by atoms with Gasteiger partial charge in [0.15, 0.2) is 0 Å². The maximum Gasteiger partial charge on any atom is 0.0280 e. The van der Waals surface area contributed by atoms with Crippen molar-refractivity contribution in [1.29, 1.82) is 0 Å². The highest BCUT2D eigenvalue weighted by Crippen LogP contribution is 2.19. The van der Waals surface area contributed by atoms with Crippen LogP contribution in [0.5, 0.6) is 0 Å². The maximum absolute atomic E-state index is 7.52. The van der Waals surface area contributed by atoms with Crippen molar-refractivity contribution in [2.24, 2.45) is 0 Å². The fraction of sp³-hybridized carbons (Fsp3) is 1.00. The number of nitrogens with zero attached hydrogens (tertiary/aromatic N) is 1. The van der Waals surface area contributed by atoms with Crippen LogP contribution < -0.4 is 0 Å². The van der Waals surface area contributed by atoms with E-state index in [0.29, 0.717) is 0 Å². The predicted molar refractivity (Wildman–Crippen MR) is 40.6 cm³/mol. The summed E-state index contributed by atoms with van der Waals surface area (Å²) in [6.07, 6.45) is -0.400. The molecule has 0 bridgehead atoms. The van der Waals surface area contributed by atoms with Gasteiger partial charge in [-0.3, -0.25) is 4.90 Å². The summed E-state index contributed by atoms with van der Waals surface area (Å²) in [7, 11) is 0. The van der Waals surface area contributed by atoms with Crippen LogP contribution in [-0.2, 0) is 0 Å². The topological polar surface area (TPSA) is 3.24 Å². The van der Waals surface area contributed by atoms with Gasteiger partial charge in [0.1, 0.15) is 0 Å². The van der Waals surface area contributed by atoms with E-state index >= 15 is 0 Å². The fourth-order valence-corrected chi connectivity index (χ4v) is 1.03. The largest absolute Gasteiger partial charge is 0.298 e. The van der Waals surface area contributed by atoms with Crippen LogP contribution in [0.3, 0.4) is 0 Å². The molecule has 0 aromatic rings. The molecule has 0 spiro atoms. The normalized spacial score (nSPS) is 42.6. The van der Waals surface area contributed by atoms with Gasteiger partial charge in [-0.1, -0.05) is 0 Å². The summed E-state index contributed by atoms with van der Waals surface area (Å²) in [5.74, 6) is 0. The van der Waals surface area contributed by atoms with Crippen LogP contribution in [0.15, 0.2) is 0 Å². The van der Waals surface area contributed by atoms with Gasteiger partial charge in [0.05, 0.1) is 0 Å². The minimum absolute atomic E-state index is 0.134. The number of rotatable bonds is 0. The first-order chi connectivity index (χ1) is 4.91. The van der Waals surface area contributed by atoms with Crippen molar-refractivity contribution in [3.8, 4) is 0 Å². The Hall–Kier alpha value is -0.0400. The van der Waals surface area contributed by atoms with E-state index in [0.717, 1.165) is 13.1 Å². The molecule has 0 saturated carbocycles. The minimum atomic E-state index is -0.200. The Morgan fingerprint density at radius 1 is 1.22 bits per heavy atom. The van der Waals surface area contributed by atoms with Crippen LogP contribution in [-0.4, -0.2) is 23.5 Å². The van der Waals surface area contributed by atoms with E-state index in [1.807, 2.05) is 0 Å². The summed E-state index contributed by atoms with van der Waals surface area (Å²) in [5, 5.41) is 0. The Labute approximate surface area is 60.9 Å². The maximum atomic E-state index is 7.52. The molecular formula is C8H17N. The Morgan fingerprint density at radius 2 is 1.67 bits per heavy atom. The molecule has 1 aliphatic rings. The summed E-state index contributed by atoms with van der Waals surface area (Å²) in [6.45, 7) is 7.93. The van der Waals surface area contributed by atoms with E-state index in [9.17, 15) is 0 Å². The molecule has 0 N–H and O–H groups in total. The zero-order chi connectivity index (χ0) is 8.65. The zero-order valence-corrected chi connectivity index (χ0v) is 6.52. The smallest absolute Gasteiger partial charge is 0.0280 e. The van der Waals surface area contributed by atoms with Crippen molar-refractivity contribution >= 4 is 0 Å². The van der Waals surface area contributed by atoms with E-state index in [4.69, 9.17) is 2.74 Å². The summed E-state index contributed by atoms with van der Waals surface area (Å²) < 4.78 is 15.0. The molecule has 1 saturated heterocycles. The van der Waals surface area contributed by atoms with Gasteiger partial charge < -0.3 is 0 Å². The Bertz CT molecular complexity index is 132. The van der Waals surface area contributed by atoms with Crippen LogP contribution >= 0.6 is 0 Å². The molecule has 1 heterocycles. The summed E-state index contributed by atoms with van der Waals surface area (Å²) >= 11 is 0. The van der Waals surface area contributed by atoms with Crippen molar-refractivity contribution in [2.45, 2.75) is 39.1 Å². The molecule has 1 nitrogen and oxygen atoms in total. The van der Waals surface area contributed by atoms with Crippen LogP contribution in [0.1, 0.15) is 36.3 Å². The number of hydrogen-bond acceptors (Lipinski definition) is 1. The second-order valence-corrected chi connectivity index (χ2v) is 3.55. The first-order valence-corrected chi connectivity index (χ1v) is 3.51. The third-order valence-corrected chi connectivity index (χ3v) is 1.77.